The van der Waals surface area contributed by atoms with Crippen LogP contribution in [0.2, 0.25) is 0 Å². The second-order valence-electron chi connectivity index (χ2n) is 3.09. The van der Waals surface area contributed by atoms with E-state index in [0.717, 1.165) is 0 Å². The van der Waals surface area contributed by atoms with Gasteiger partial charge in [-0.2, -0.15) is 0 Å². The van der Waals surface area contributed by atoms with Crippen LogP contribution in [-0.4, -0.2) is 17.0 Å². The van der Waals surface area contributed by atoms with Gasteiger partial charge in [0.2, 0.25) is 0 Å². The Morgan fingerprint density at radius 1 is 1.50 bits per heavy atom. The second-order valence-corrected chi connectivity index (χ2v) is 3.09. The third-order valence-electron chi connectivity index (χ3n) is 2.18. The summed E-state index contributed by atoms with van der Waals surface area (Å²) in [5.41, 5.74) is 1.85. The van der Waals surface area contributed by atoms with Crippen molar-refractivity contribution in [3.8, 4) is 0 Å². The van der Waals surface area contributed by atoms with Gasteiger partial charge < -0.3 is 9.84 Å². The maximum atomic E-state index is 11.1. The van der Waals surface area contributed by atoms with Gasteiger partial charge in [-0.1, -0.05) is 12.1 Å². The predicted molar refractivity (Wildman–Crippen MR) is 46.9 cm³/mol. The standard InChI is InChI=1S/C10H8O4/c11-9(12)4-6-2-1-3-7-8(6)5-14-10(7)13/h1-3H,4-5H2,(H,11,12). The van der Waals surface area contributed by atoms with Crippen molar-refractivity contribution in [2.45, 2.75) is 13.0 Å². The quantitative estimate of drug-likeness (QED) is 0.709. The molecule has 72 valence electrons. The van der Waals surface area contributed by atoms with E-state index >= 15 is 0 Å². The number of carboxylic acids is 1. The smallest absolute Gasteiger partial charge is 0.338 e. The first-order valence-corrected chi connectivity index (χ1v) is 4.18. The molecule has 0 atom stereocenters. The lowest BCUT2D eigenvalue weighted by atomic mass is 10.0. The second kappa shape index (κ2) is 3.14. The molecule has 0 spiro atoms. The molecule has 0 bridgehead atoms. The number of hydrogen-bond acceptors (Lipinski definition) is 3. The Morgan fingerprint density at radius 2 is 2.29 bits per heavy atom. The van der Waals surface area contributed by atoms with E-state index in [-0.39, 0.29) is 19.0 Å². The zero-order chi connectivity index (χ0) is 10.1. The number of hydrogen-bond donors (Lipinski definition) is 1. The average molecular weight is 192 g/mol. The number of benzene rings is 1. The molecule has 1 aromatic carbocycles. The Labute approximate surface area is 80.1 Å². The number of rotatable bonds is 2. The molecule has 1 aliphatic rings. The van der Waals surface area contributed by atoms with E-state index < -0.39 is 5.97 Å². The summed E-state index contributed by atoms with van der Waals surface area (Å²) in [6, 6.07) is 5.02. The minimum atomic E-state index is -0.905. The van der Waals surface area contributed by atoms with Gasteiger partial charge in [0, 0.05) is 5.56 Å². The van der Waals surface area contributed by atoms with Crippen LogP contribution in [0.5, 0.6) is 0 Å². The predicted octanol–water partition coefficient (Wildman–Crippen LogP) is 0.984. The summed E-state index contributed by atoms with van der Waals surface area (Å²) in [5.74, 6) is -1.27. The van der Waals surface area contributed by atoms with Crippen molar-refractivity contribution in [2.24, 2.45) is 0 Å². The van der Waals surface area contributed by atoms with E-state index in [1.807, 2.05) is 0 Å². The lowest BCUT2D eigenvalue weighted by molar-refractivity contribution is -0.136. The molecule has 14 heavy (non-hydrogen) atoms. The fourth-order valence-corrected chi connectivity index (χ4v) is 1.54. The SMILES string of the molecule is O=C(O)Cc1cccc2c1COC2=O. The Morgan fingerprint density at radius 3 is 3.00 bits per heavy atom. The number of esters is 1. The topological polar surface area (TPSA) is 63.6 Å². The van der Waals surface area contributed by atoms with Crippen LogP contribution in [0.3, 0.4) is 0 Å². The van der Waals surface area contributed by atoms with Crippen LogP contribution < -0.4 is 0 Å². The van der Waals surface area contributed by atoms with Gasteiger partial charge in [-0.15, -0.1) is 0 Å². The molecule has 0 saturated heterocycles. The van der Waals surface area contributed by atoms with E-state index in [9.17, 15) is 9.59 Å². The molecule has 1 N–H and O–H groups in total. The monoisotopic (exact) mass is 192 g/mol. The number of aliphatic carboxylic acids is 1. The van der Waals surface area contributed by atoms with Crippen molar-refractivity contribution in [2.75, 3.05) is 0 Å². The molecule has 4 nitrogen and oxygen atoms in total. The van der Waals surface area contributed by atoms with Crippen molar-refractivity contribution in [3.05, 3.63) is 34.9 Å². The Hall–Kier alpha value is -1.84. The molecule has 4 heteroatoms. The van der Waals surface area contributed by atoms with Crippen LogP contribution >= 0.6 is 0 Å². The Balaban J connectivity index is 2.43. The lowest BCUT2D eigenvalue weighted by Gasteiger charge is -2.01. The van der Waals surface area contributed by atoms with Crippen LogP contribution in [-0.2, 0) is 22.6 Å². The molecule has 2 rings (SSSR count). The summed E-state index contributed by atoms with van der Waals surface area (Å²) in [7, 11) is 0. The van der Waals surface area contributed by atoms with Crippen molar-refractivity contribution in [1.82, 2.24) is 0 Å². The van der Waals surface area contributed by atoms with Crippen molar-refractivity contribution in [3.63, 3.8) is 0 Å². The molecule has 1 aromatic rings. The molecular formula is C10H8O4. The summed E-state index contributed by atoms with van der Waals surface area (Å²) >= 11 is 0. The first-order valence-electron chi connectivity index (χ1n) is 4.18. The van der Waals surface area contributed by atoms with Gasteiger partial charge in [-0.05, 0) is 11.6 Å². The van der Waals surface area contributed by atoms with Gasteiger partial charge in [-0.3, -0.25) is 4.79 Å². The van der Waals surface area contributed by atoms with Crippen LogP contribution in [0.15, 0.2) is 18.2 Å². The molecule has 0 amide bonds. The number of carbonyl (C=O) groups excluding carboxylic acids is 1. The normalized spacial score (nSPS) is 13.6. The van der Waals surface area contributed by atoms with E-state index in [2.05, 4.69) is 0 Å². The Kier molecular flexibility index (Phi) is 1.96. The maximum Gasteiger partial charge on any atom is 0.338 e. The molecular weight excluding hydrogens is 184 g/mol. The number of carbonyl (C=O) groups is 2. The highest BCUT2D eigenvalue weighted by Crippen LogP contribution is 2.23. The first-order chi connectivity index (χ1) is 6.68. The maximum absolute atomic E-state index is 11.1. The fourth-order valence-electron chi connectivity index (χ4n) is 1.54. The molecule has 0 radical (unpaired) electrons. The highest BCUT2D eigenvalue weighted by molar-refractivity contribution is 5.94. The summed E-state index contributed by atoms with van der Waals surface area (Å²) in [4.78, 5) is 21.7. The third kappa shape index (κ3) is 1.35. The molecule has 1 aliphatic heterocycles. The van der Waals surface area contributed by atoms with Crippen LogP contribution in [0.1, 0.15) is 21.5 Å². The summed E-state index contributed by atoms with van der Waals surface area (Å²) in [6.07, 6.45) is -0.0696. The third-order valence-corrected chi connectivity index (χ3v) is 2.18. The number of carboxylic acid groups (broad SMARTS) is 1. The van der Waals surface area contributed by atoms with E-state index in [0.29, 0.717) is 16.7 Å². The molecule has 0 saturated carbocycles. The van der Waals surface area contributed by atoms with E-state index in [1.54, 1.807) is 18.2 Å². The van der Waals surface area contributed by atoms with Crippen molar-refractivity contribution < 1.29 is 19.4 Å². The first kappa shape index (κ1) is 8.74. The molecule has 0 aromatic heterocycles. The zero-order valence-electron chi connectivity index (χ0n) is 7.32. The van der Waals surface area contributed by atoms with Gasteiger partial charge in [-0.25, -0.2) is 4.79 Å². The van der Waals surface area contributed by atoms with Crippen molar-refractivity contribution in [1.29, 1.82) is 0 Å². The number of cyclic esters (lactones) is 1. The largest absolute Gasteiger partial charge is 0.481 e. The van der Waals surface area contributed by atoms with E-state index in [4.69, 9.17) is 9.84 Å². The molecule has 1 heterocycles. The van der Waals surface area contributed by atoms with E-state index in [1.165, 1.54) is 0 Å². The number of ether oxygens (including phenoxy) is 1. The van der Waals surface area contributed by atoms with Crippen molar-refractivity contribution >= 4 is 11.9 Å². The van der Waals surface area contributed by atoms with Crippen LogP contribution in [0.25, 0.3) is 0 Å². The number of fused-ring (bicyclic) bond motifs is 1. The molecule has 0 unspecified atom stereocenters. The van der Waals surface area contributed by atoms with Crippen LogP contribution in [0, 0.1) is 0 Å². The lowest BCUT2D eigenvalue weighted by Crippen LogP contribution is -2.03. The summed E-state index contributed by atoms with van der Waals surface area (Å²) in [6.45, 7) is 0.192. The van der Waals surface area contributed by atoms with Gasteiger partial charge in [0.25, 0.3) is 0 Å². The minimum Gasteiger partial charge on any atom is -0.481 e. The van der Waals surface area contributed by atoms with Gasteiger partial charge in [0.05, 0.1) is 12.0 Å². The fraction of sp³-hybridized carbons (Fsp3) is 0.200. The zero-order valence-corrected chi connectivity index (χ0v) is 7.32. The van der Waals surface area contributed by atoms with Crippen LogP contribution in [0.4, 0.5) is 0 Å². The Bertz CT molecular complexity index is 409. The average Bonchev–Trinajstić information content (AvgIpc) is 2.49. The van der Waals surface area contributed by atoms with Gasteiger partial charge in [0.15, 0.2) is 0 Å². The highest BCUT2D eigenvalue weighted by atomic mass is 16.5. The summed E-state index contributed by atoms with van der Waals surface area (Å²) < 4.78 is 4.81. The van der Waals surface area contributed by atoms with Gasteiger partial charge >= 0.3 is 11.9 Å². The molecule has 0 aliphatic carbocycles. The minimum absolute atomic E-state index is 0.0696. The molecule has 0 fully saturated rings. The summed E-state index contributed by atoms with van der Waals surface area (Å²) in [5, 5.41) is 8.64. The van der Waals surface area contributed by atoms with Gasteiger partial charge in [0.1, 0.15) is 6.61 Å². The highest BCUT2D eigenvalue weighted by Gasteiger charge is 2.23.